The lowest BCUT2D eigenvalue weighted by molar-refractivity contribution is 0.102. The zero-order valence-electron chi connectivity index (χ0n) is 13.5. The number of aryl methyl sites for hydroxylation is 2. The van der Waals surface area contributed by atoms with Crippen LogP contribution < -0.4 is 4.31 Å². The van der Waals surface area contributed by atoms with Gasteiger partial charge in [-0.1, -0.05) is 11.8 Å². The second-order valence-electron chi connectivity index (χ2n) is 5.75. The number of anilines is 1. The maximum Gasteiger partial charge on any atom is 0.232 e. The minimum Gasteiger partial charge on any atom is -0.293 e. The number of aromatic nitrogens is 1. The molecule has 3 rings (SSSR count). The van der Waals surface area contributed by atoms with E-state index in [4.69, 9.17) is 0 Å². The number of thioether (sulfide) groups is 1. The fourth-order valence-corrected chi connectivity index (χ4v) is 5.43. The van der Waals surface area contributed by atoms with Crippen molar-refractivity contribution >= 4 is 44.6 Å². The highest BCUT2D eigenvalue weighted by molar-refractivity contribution is 8.01. The number of Topliss-reactive ketones (excluding diaryl/α,β-unsaturated/α-hetero) is 1. The van der Waals surface area contributed by atoms with E-state index >= 15 is 0 Å². The summed E-state index contributed by atoms with van der Waals surface area (Å²) in [6.45, 7) is 2.43. The highest BCUT2D eigenvalue weighted by Crippen LogP contribution is 2.30. The maximum absolute atomic E-state index is 12.4. The Labute approximate surface area is 150 Å². The Kier molecular flexibility index (Phi) is 4.98. The summed E-state index contributed by atoms with van der Waals surface area (Å²) in [5.74, 6) is 0.369. The Balaban J connectivity index is 1.77. The van der Waals surface area contributed by atoms with E-state index in [1.165, 1.54) is 33.7 Å². The molecule has 128 valence electrons. The topological polar surface area (TPSA) is 67.3 Å². The zero-order valence-corrected chi connectivity index (χ0v) is 15.9. The van der Waals surface area contributed by atoms with Gasteiger partial charge in [0.2, 0.25) is 10.0 Å². The highest BCUT2D eigenvalue weighted by atomic mass is 32.2. The van der Waals surface area contributed by atoms with E-state index in [0.717, 1.165) is 28.4 Å². The standard InChI is InChI=1S/C16H18N2O3S3/c1-11-9-22-16(17-11)23-10-15(19)13-5-6-14-12(8-13)4-3-7-18(14)24(2,20)21/h5-6,8-9H,3-4,7,10H2,1-2H3. The van der Waals surface area contributed by atoms with Gasteiger partial charge in [0.25, 0.3) is 0 Å². The molecule has 0 amide bonds. The molecule has 0 fully saturated rings. The normalized spacial score (nSPS) is 14.5. The molecule has 24 heavy (non-hydrogen) atoms. The van der Waals surface area contributed by atoms with Crippen molar-refractivity contribution in [3.8, 4) is 0 Å². The van der Waals surface area contributed by atoms with Gasteiger partial charge in [0, 0.05) is 23.2 Å². The van der Waals surface area contributed by atoms with Gasteiger partial charge in [-0.15, -0.1) is 11.3 Å². The summed E-state index contributed by atoms with van der Waals surface area (Å²) in [5, 5.41) is 1.96. The van der Waals surface area contributed by atoms with Gasteiger partial charge in [-0.3, -0.25) is 9.10 Å². The van der Waals surface area contributed by atoms with Crippen molar-refractivity contribution in [3.63, 3.8) is 0 Å². The minimum absolute atomic E-state index is 0.0344. The van der Waals surface area contributed by atoms with Crippen molar-refractivity contribution in [1.82, 2.24) is 4.98 Å². The molecule has 1 aliphatic heterocycles. The lowest BCUT2D eigenvalue weighted by Gasteiger charge is -2.29. The van der Waals surface area contributed by atoms with Gasteiger partial charge >= 0.3 is 0 Å². The van der Waals surface area contributed by atoms with Gasteiger partial charge in [-0.25, -0.2) is 13.4 Å². The summed E-state index contributed by atoms with van der Waals surface area (Å²) in [4.78, 5) is 16.8. The third-order valence-electron chi connectivity index (χ3n) is 3.80. The molecule has 2 heterocycles. The number of carbonyl (C=O) groups excluding carboxylic acids is 1. The molecule has 1 aliphatic rings. The van der Waals surface area contributed by atoms with Crippen molar-refractivity contribution < 1.29 is 13.2 Å². The molecule has 1 aromatic heterocycles. The first-order valence-corrected chi connectivity index (χ1v) is 11.2. The number of hydrogen-bond acceptors (Lipinski definition) is 6. The van der Waals surface area contributed by atoms with E-state index in [1.807, 2.05) is 18.4 Å². The number of benzene rings is 1. The van der Waals surface area contributed by atoms with Crippen molar-refractivity contribution in [2.24, 2.45) is 0 Å². The monoisotopic (exact) mass is 382 g/mol. The van der Waals surface area contributed by atoms with Crippen molar-refractivity contribution in [2.45, 2.75) is 24.1 Å². The van der Waals surface area contributed by atoms with E-state index in [0.29, 0.717) is 23.5 Å². The maximum atomic E-state index is 12.4. The smallest absolute Gasteiger partial charge is 0.232 e. The molecule has 0 saturated carbocycles. The Morgan fingerprint density at radius 2 is 2.21 bits per heavy atom. The van der Waals surface area contributed by atoms with Crippen LogP contribution in [0.1, 0.15) is 28.0 Å². The number of nitrogens with zero attached hydrogens (tertiary/aromatic N) is 2. The Morgan fingerprint density at radius 3 is 2.88 bits per heavy atom. The molecule has 0 N–H and O–H groups in total. The summed E-state index contributed by atoms with van der Waals surface area (Å²) >= 11 is 2.98. The third kappa shape index (κ3) is 3.81. The molecule has 1 aromatic carbocycles. The predicted octanol–water partition coefficient (Wildman–Crippen LogP) is 3.14. The van der Waals surface area contributed by atoms with Gasteiger partial charge in [0.05, 0.1) is 17.7 Å². The van der Waals surface area contributed by atoms with E-state index in [1.54, 1.807) is 12.1 Å². The largest absolute Gasteiger partial charge is 0.293 e. The summed E-state index contributed by atoms with van der Waals surface area (Å²) in [6.07, 6.45) is 2.78. The molecule has 0 bridgehead atoms. The Bertz CT molecular complexity index is 874. The molecule has 0 unspecified atom stereocenters. The zero-order chi connectivity index (χ0) is 17.3. The van der Waals surface area contributed by atoms with Crippen LogP contribution >= 0.6 is 23.1 Å². The highest BCUT2D eigenvalue weighted by Gasteiger charge is 2.24. The number of carbonyl (C=O) groups is 1. The van der Waals surface area contributed by atoms with E-state index in [2.05, 4.69) is 4.98 Å². The van der Waals surface area contributed by atoms with E-state index in [9.17, 15) is 13.2 Å². The second-order valence-corrected chi connectivity index (χ2v) is 9.74. The molecule has 5 nitrogen and oxygen atoms in total. The van der Waals surface area contributed by atoms with Crippen LogP contribution in [0.4, 0.5) is 5.69 Å². The van der Waals surface area contributed by atoms with Crippen LogP contribution in [0.15, 0.2) is 27.9 Å². The van der Waals surface area contributed by atoms with E-state index in [-0.39, 0.29) is 5.78 Å². The van der Waals surface area contributed by atoms with Gasteiger partial charge in [-0.2, -0.15) is 0 Å². The Hall–Kier alpha value is -1.38. The molecule has 0 radical (unpaired) electrons. The lowest BCUT2D eigenvalue weighted by atomic mass is 9.99. The Morgan fingerprint density at radius 1 is 1.42 bits per heavy atom. The molecule has 0 spiro atoms. The first-order chi connectivity index (χ1) is 11.3. The predicted molar refractivity (Wildman–Crippen MR) is 98.9 cm³/mol. The van der Waals surface area contributed by atoms with E-state index < -0.39 is 10.0 Å². The summed E-state index contributed by atoms with van der Waals surface area (Å²) in [5.41, 5.74) is 3.21. The molecular formula is C16H18N2O3S3. The van der Waals surface area contributed by atoms with Crippen LogP contribution in [0.25, 0.3) is 0 Å². The van der Waals surface area contributed by atoms with Crippen LogP contribution in [0.5, 0.6) is 0 Å². The second kappa shape index (κ2) is 6.85. The van der Waals surface area contributed by atoms with Crippen molar-refractivity contribution in [2.75, 3.05) is 22.9 Å². The quantitative estimate of drug-likeness (QED) is 0.587. The average molecular weight is 383 g/mol. The van der Waals surface area contributed by atoms with Crippen LogP contribution in [-0.2, 0) is 16.4 Å². The molecule has 8 heteroatoms. The van der Waals surface area contributed by atoms with Crippen molar-refractivity contribution in [1.29, 1.82) is 0 Å². The van der Waals surface area contributed by atoms with Gasteiger partial charge < -0.3 is 0 Å². The first kappa shape index (κ1) is 17.4. The van der Waals surface area contributed by atoms with Crippen LogP contribution in [0.2, 0.25) is 0 Å². The lowest BCUT2D eigenvalue weighted by Crippen LogP contribution is -2.34. The fraction of sp³-hybridized carbons (Fsp3) is 0.375. The van der Waals surface area contributed by atoms with Gasteiger partial charge in [0.1, 0.15) is 0 Å². The number of thiazole rings is 1. The average Bonchev–Trinajstić information content (AvgIpc) is 2.96. The molecule has 0 atom stereocenters. The number of ketones is 1. The van der Waals surface area contributed by atoms with Crippen LogP contribution in [0, 0.1) is 6.92 Å². The number of fused-ring (bicyclic) bond motifs is 1. The van der Waals surface area contributed by atoms with Crippen LogP contribution in [0.3, 0.4) is 0 Å². The molecule has 0 saturated heterocycles. The van der Waals surface area contributed by atoms with Gasteiger partial charge in [-0.05, 0) is 43.5 Å². The number of rotatable bonds is 5. The number of sulfonamides is 1. The SMILES string of the molecule is Cc1csc(SCC(=O)c2ccc3c(c2)CCCN3S(C)(=O)=O)n1. The third-order valence-corrected chi connectivity index (χ3v) is 7.12. The van der Waals surface area contributed by atoms with Crippen molar-refractivity contribution in [3.05, 3.63) is 40.4 Å². The fourth-order valence-electron chi connectivity index (χ4n) is 2.69. The molecule has 0 aliphatic carbocycles. The van der Waals surface area contributed by atoms with Crippen LogP contribution in [-0.4, -0.2) is 37.7 Å². The van der Waals surface area contributed by atoms with Gasteiger partial charge in [0.15, 0.2) is 10.1 Å². The molecule has 2 aromatic rings. The molecular weight excluding hydrogens is 364 g/mol. The summed E-state index contributed by atoms with van der Waals surface area (Å²) in [7, 11) is -3.28. The minimum atomic E-state index is -3.28. The summed E-state index contributed by atoms with van der Waals surface area (Å²) in [6, 6.07) is 5.31. The first-order valence-electron chi connectivity index (χ1n) is 7.53. The number of hydrogen-bond donors (Lipinski definition) is 0. The summed E-state index contributed by atoms with van der Waals surface area (Å²) < 4.78 is 26.1.